The first-order valence-corrected chi connectivity index (χ1v) is 5.49. The van der Waals surface area contributed by atoms with Crippen LogP contribution in [0.4, 0.5) is 0 Å². The molecular weight excluding hydrogens is 146 g/mol. The van der Waals surface area contributed by atoms with Gasteiger partial charge in [0.2, 0.25) is 0 Å². The van der Waals surface area contributed by atoms with Gasteiger partial charge in [-0.2, -0.15) is 0 Å². The fourth-order valence-corrected chi connectivity index (χ4v) is 1.85. The van der Waals surface area contributed by atoms with E-state index in [2.05, 4.69) is 34.6 Å². The van der Waals surface area contributed by atoms with Crippen LogP contribution in [0, 0.1) is 5.92 Å². The lowest BCUT2D eigenvalue weighted by Gasteiger charge is -2.37. The van der Waals surface area contributed by atoms with E-state index < -0.39 is 0 Å². The maximum absolute atomic E-state index is 2.37. The molecule has 0 saturated carbocycles. The van der Waals surface area contributed by atoms with Crippen molar-refractivity contribution in [2.24, 2.45) is 5.92 Å². The van der Waals surface area contributed by atoms with Gasteiger partial charge < -0.3 is 4.48 Å². The van der Waals surface area contributed by atoms with Crippen LogP contribution >= 0.6 is 0 Å². The zero-order chi connectivity index (χ0) is 9.61. The van der Waals surface area contributed by atoms with Crippen molar-refractivity contribution in [3.8, 4) is 0 Å². The molecule has 0 rings (SSSR count). The minimum atomic E-state index is 0.879. The van der Waals surface area contributed by atoms with E-state index in [9.17, 15) is 0 Å². The first-order valence-electron chi connectivity index (χ1n) is 5.49. The minimum Gasteiger partial charge on any atom is -0.324 e. The Labute approximate surface area is 78.4 Å². The van der Waals surface area contributed by atoms with Gasteiger partial charge in [-0.05, 0) is 27.2 Å². The first-order chi connectivity index (χ1) is 5.64. The van der Waals surface area contributed by atoms with Gasteiger partial charge in [0.1, 0.15) is 0 Å². The molecule has 0 aliphatic heterocycles. The second kappa shape index (κ2) is 5.58. The van der Waals surface area contributed by atoms with Crippen molar-refractivity contribution < 1.29 is 4.48 Å². The van der Waals surface area contributed by atoms with Crippen molar-refractivity contribution in [3.05, 3.63) is 0 Å². The van der Waals surface area contributed by atoms with Gasteiger partial charge in [-0.15, -0.1) is 0 Å². The van der Waals surface area contributed by atoms with E-state index in [1.54, 1.807) is 0 Å². The highest BCUT2D eigenvalue weighted by Crippen LogP contribution is 2.12. The normalized spacial score (nSPS) is 14.8. The molecule has 1 nitrogen and oxygen atoms in total. The van der Waals surface area contributed by atoms with Crippen molar-refractivity contribution in [3.63, 3.8) is 0 Å². The van der Waals surface area contributed by atoms with Crippen molar-refractivity contribution >= 4 is 0 Å². The molecule has 0 N–H and O–H groups in total. The topological polar surface area (TPSA) is 0 Å². The second-order valence-electron chi connectivity index (χ2n) is 3.99. The second-order valence-corrected chi connectivity index (χ2v) is 3.99. The monoisotopic (exact) mass is 172 g/mol. The summed E-state index contributed by atoms with van der Waals surface area (Å²) in [6.07, 6.45) is 1.32. The van der Waals surface area contributed by atoms with Crippen LogP contribution in [0.3, 0.4) is 0 Å². The Morgan fingerprint density at radius 1 is 0.917 bits per heavy atom. The maximum atomic E-state index is 2.37. The van der Waals surface area contributed by atoms with Crippen LogP contribution in [0.25, 0.3) is 0 Å². The number of rotatable bonds is 6. The number of hydrogen-bond donors (Lipinski definition) is 0. The molecule has 0 bridgehead atoms. The van der Waals surface area contributed by atoms with E-state index in [1.807, 2.05) is 0 Å². The van der Waals surface area contributed by atoms with E-state index in [0.717, 1.165) is 5.92 Å². The minimum absolute atomic E-state index is 0.879. The van der Waals surface area contributed by atoms with Gasteiger partial charge in [-0.25, -0.2) is 0 Å². The van der Waals surface area contributed by atoms with Gasteiger partial charge in [-0.3, -0.25) is 0 Å². The molecule has 0 amide bonds. The van der Waals surface area contributed by atoms with Crippen LogP contribution in [0.15, 0.2) is 0 Å². The summed E-state index contributed by atoms with van der Waals surface area (Å²) < 4.78 is 1.30. The highest BCUT2D eigenvalue weighted by molar-refractivity contribution is 4.49. The van der Waals surface area contributed by atoms with Crippen molar-refractivity contribution in [2.75, 3.05) is 26.2 Å². The summed E-state index contributed by atoms with van der Waals surface area (Å²) in [6, 6.07) is 0. The lowest BCUT2D eigenvalue weighted by atomic mass is 10.1. The van der Waals surface area contributed by atoms with Gasteiger partial charge in [0.05, 0.1) is 26.2 Å². The third kappa shape index (κ3) is 3.14. The molecule has 0 aromatic heterocycles. The molecule has 1 atom stereocenters. The molecule has 0 aliphatic rings. The Morgan fingerprint density at radius 2 is 1.33 bits per heavy atom. The van der Waals surface area contributed by atoms with Crippen molar-refractivity contribution in [1.29, 1.82) is 0 Å². The molecule has 1 unspecified atom stereocenters. The smallest absolute Gasteiger partial charge is 0.0812 e. The van der Waals surface area contributed by atoms with E-state index in [-0.39, 0.29) is 0 Å². The molecule has 0 radical (unpaired) electrons. The van der Waals surface area contributed by atoms with Gasteiger partial charge >= 0.3 is 0 Å². The molecule has 0 heterocycles. The summed E-state index contributed by atoms with van der Waals surface area (Å²) in [5.41, 5.74) is 0. The summed E-state index contributed by atoms with van der Waals surface area (Å²) in [6.45, 7) is 16.8. The Balaban J connectivity index is 4.09. The average Bonchev–Trinajstić information content (AvgIpc) is 2.14. The van der Waals surface area contributed by atoms with E-state index in [4.69, 9.17) is 0 Å². The standard InChI is InChI=1S/C11H26N/c1-6-11(5)10-12(7-2,8-3)9-4/h11H,6-10H2,1-5H3/q+1. The molecule has 0 aromatic carbocycles. The molecule has 0 fully saturated rings. The lowest BCUT2D eigenvalue weighted by Crippen LogP contribution is -2.50. The van der Waals surface area contributed by atoms with Crippen molar-refractivity contribution in [2.45, 2.75) is 41.0 Å². The van der Waals surface area contributed by atoms with Gasteiger partial charge in [0.15, 0.2) is 0 Å². The summed E-state index contributed by atoms with van der Waals surface area (Å²) >= 11 is 0. The SMILES string of the molecule is CCC(C)C[N+](CC)(CC)CC. The molecule has 0 aromatic rings. The van der Waals surface area contributed by atoms with Crippen LogP contribution in [0.2, 0.25) is 0 Å². The summed E-state index contributed by atoms with van der Waals surface area (Å²) in [5.74, 6) is 0.879. The molecule has 0 aliphatic carbocycles. The molecule has 1 heteroatoms. The zero-order valence-corrected chi connectivity index (χ0v) is 9.56. The number of nitrogens with zero attached hydrogens (tertiary/aromatic N) is 1. The van der Waals surface area contributed by atoms with Gasteiger partial charge in [-0.1, -0.05) is 13.8 Å². The Morgan fingerprint density at radius 3 is 1.58 bits per heavy atom. The quantitative estimate of drug-likeness (QED) is 0.540. The van der Waals surface area contributed by atoms with E-state index in [0.29, 0.717) is 0 Å². The summed E-state index contributed by atoms with van der Waals surface area (Å²) in [5, 5.41) is 0. The Hall–Kier alpha value is -0.0400. The molecule has 0 saturated heterocycles. The molecule has 0 spiro atoms. The van der Waals surface area contributed by atoms with Crippen LogP contribution in [0.5, 0.6) is 0 Å². The number of quaternary nitrogens is 1. The highest BCUT2D eigenvalue weighted by atomic mass is 15.3. The van der Waals surface area contributed by atoms with Gasteiger partial charge in [0, 0.05) is 5.92 Å². The predicted molar refractivity (Wildman–Crippen MR) is 56.2 cm³/mol. The lowest BCUT2D eigenvalue weighted by molar-refractivity contribution is -0.926. The maximum Gasteiger partial charge on any atom is 0.0812 e. The van der Waals surface area contributed by atoms with Crippen LogP contribution < -0.4 is 0 Å². The molecular formula is C11H26N+. The third-order valence-corrected chi connectivity index (χ3v) is 3.41. The van der Waals surface area contributed by atoms with E-state index >= 15 is 0 Å². The zero-order valence-electron chi connectivity index (χ0n) is 9.56. The summed E-state index contributed by atoms with van der Waals surface area (Å²) in [4.78, 5) is 0. The fourth-order valence-electron chi connectivity index (χ4n) is 1.85. The molecule has 12 heavy (non-hydrogen) atoms. The Bertz CT molecular complexity index is 97.3. The fraction of sp³-hybridized carbons (Fsp3) is 1.00. The van der Waals surface area contributed by atoms with Crippen LogP contribution in [-0.2, 0) is 0 Å². The van der Waals surface area contributed by atoms with Crippen LogP contribution in [0.1, 0.15) is 41.0 Å². The largest absolute Gasteiger partial charge is 0.324 e. The highest BCUT2D eigenvalue weighted by Gasteiger charge is 2.22. The van der Waals surface area contributed by atoms with Crippen LogP contribution in [-0.4, -0.2) is 30.7 Å². The predicted octanol–water partition coefficient (Wildman–Crippen LogP) is 2.91. The first kappa shape index (κ1) is 12.0. The summed E-state index contributed by atoms with van der Waals surface area (Å²) in [7, 11) is 0. The van der Waals surface area contributed by atoms with Gasteiger partial charge in [0.25, 0.3) is 0 Å². The number of hydrogen-bond acceptors (Lipinski definition) is 0. The average molecular weight is 172 g/mol. The van der Waals surface area contributed by atoms with E-state index in [1.165, 1.54) is 37.1 Å². The Kier molecular flexibility index (Phi) is 5.56. The van der Waals surface area contributed by atoms with Crippen molar-refractivity contribution in [1.82, 2.24) is 0 Å². The molecule has 74 valence electrons. The third-order valence-electron chi connectivity index (χ3n) is 3.41.